The van der Waals surface area contributed by atoms with Crippen LogP contribution in [0.25, 0.3) is 0 Å². The molecule has 2 aliphatic rings. The Morgan fingerprint density at radius 1 is 1.40 bits per heavy atom. The third-order valence-corrected chi connectivity index (χ3v) is 4.30. The highest BCUT2D eigenvalue weighted by atomic mass is 16.5. The maximum atomic E-state index is 12.0. The second kappa shape index (κ2) is 6.41. The number of nitrogens with one attached hydrogen (secondary N) is 1. The van der Waals surface area contributed by atoms with Crippen LogP contribution >= 0.6 is 0 Å². The number of ether oxygens (including phenoxy) is 1. The standard InChI is InChI=1S/C15H28N2O3/c1-11(2)16-15(14(18)19,12-4-5-12)10-17(8-9-20-3)13-6-7-13/h11-13,16H,4-10H2,1-3H3,(H,18,19). The molecule has 0 saturated heterocycles. The Morgan fingerprint density at radius 3 is 2.45 bits per heavy atom. The largest absolute Gasteiger partial charge is 0.480 e. The zero-order valence-electron chi connectivity index (χ0n) is 12.9. The van der Waals surface area contributed by atoms with E-state index in [1.807, 2.05) is 13.8 Å². The van der Waals surface area contributed by atoms with Gasteiger partial charge in [-0.15, -0.1) is 0 Å². The minimum atomic E-state index is -0.787. The second-order valence-electron chi connectivity index (χ2n) is 6.54. The molecule has 1 unspecified atom stereocenters. The summed E-state index contributed by atoms with van der Waals surface area (Å²) in [7, 11) is 1.70. The lowest BCUT2D eigenvalue weighted by Crippen LogP contribution is -2.63. The molecule has 0 heterocycles. The quantitative estimate of drug-likeness (QED) is 0.634. The number of hydrogen-bond donors (Lipinski definition) is 2. The smallest absolute Gasteiger partial charge is 0.325 e. The number of methoxy groups -OCH3 is 1. The van der Waals surface area contributed by atoms with E-state index >= 15 is 0 Å². The number of rotatable bonds is 10. The van der Waals surface area contributed by atoms with Gasteiger partial charge in [-0.3, -0.25) is 15.0 Å². The maximum Gasteiger partial charge on any atom is 0.325 e. The van der Waals surface area contributed by atoms with Crippen LogP contribution in [0.5, 0.6) is 0 Å². The summed E-state index contributed by atoms with van der Waals surface area (Å²) in [6.45, 7) is 6.13. The molecular formula is C15H28N2O3. The molecule has 0 spiro atoms. The van der Waals surface area contributed by atoms with E-state index < -0.39 is 11.5 Å². The molecule has 0 bridgehead atoms. The summed E-state index contributed by atoms with van der Waals surface area (Å²) in [6.07, 6.45) is 4.42. The summed E-state index contributed by atoms with van der Waals surface area (Å²) < 4.78 is 5.17. The highest BCUT2D eigenvalue weighted by Gasteiger charge is 2.53. The molecule has 0 aromatic heterocycles. The van der Waals surface area contributed by atoms with Gasteiger partial charge < -0.3 is 9.84 Å². The molecule has 0 radical (unpaired) electrons. The van der Waals surface area contributed by atoms with Crippen molar-refractivity contribution < 1.29 is 14.6 Å². The molecule has 1 atom stereocenters. The van der Waals surface area contributed by atoms with Crippen molar-refractivity contribution in [1.82, 2.24) is 10.2 Å². The Morgan fingerprint density at radius 2 is 2.05 bits per heavy atom. The molecule has 2 aliphatic carbocycles. The molecule has 116 valence electrons. The lowest BCUT2D eigenvalue weighted by Gasteiger charge is -2.38. The third-order valence-electron chi connectivity index (χ3n) is 4.30. The van der Waals surface area contributed by atoms with Crippen molar-refractivity contribution in [3.8, 4) is 0 Å². The van der Waals surface area contributed by atoms with E-state index in [2.05, 4.69) is 10.2 Å². The summed E-state index contributed by atoms with van der Waals surface area (Å²) in [5.74, 6) is -0.428. The first kappa shape index (κ1) is 15.7. The molecule has 2 rings (SSSR count). The van der Waals surface area contributed by atoms with Crippen molar-refractivity contribution in [2.75, 3.05) is 26.8 Å². The summed E-state index contributed by atoms with van der Waals surface area (Å²) >= 11 is 0. The first-order chi connectivity index (χ1) is 9.49. The second-order valence-corrected chi connectivity index (χ2v) is 6.54. The Kier molecular flexibility index (Phi) is 5.04. The van der Waals surface area contributed by atoms with E-state index in [1.54, 1.807) is 7.11 Å². The fourth-order valence-electron chi connectivity index (χ4n) is 3.05. The summed E-state index contributed by atoms with van der Waals surface area (Å²) in [5, 5.41) is 13.2. The van der Waals surface area contributed by atoms with E-state index in [0.29, 0.717) is 19.2 Å². The molecule has 0 aliphatic heterocycles. The van der Waals surface area contributed by atoms with Crippen LogP contribution < -0.4 is 5.32 Å². The van der Waals surface area contributed by atoms with Gasteiger partial charge in [0.05, 0.1) is 6.61 Å². The van der Waals surface area contributed by atoms with Crippen molar-refractivity contribution in [2.24, 2.45) is 5.92 Å². The third kappa shape index (κ3) is 3.71. The van der Waals surface area contributed by atoms with Crippen LogP contribution in [0.4, 0.5) is 0 Å². The van der Waals surface area contributed by atoms with E-state index in [4.69, 9.17) is 4.74 Å². The molecule has 0 aromatic carbocycles. The number of hydrogen-bond acceptors (Lipinski definition) is 4. The van der Waals surface area contributed by atoms with Crippen molar-refractivity contribution >= 4 is 5.97 Å². The number of nitrogens with zero attached hydrogens (tertiary/aromatic N) is 1. The lowest BCUT2D eigenvalue weighted by molar-refractivity contribution is -0.147. The maximum absolute atomic E-state index is 12.0. The van der Waals surface area contributed by atoms with Gasteiger partial charge in [0.15, 0.2) is 0 Å². The van der Waals surface area contributed by atoms with Crippen LogP contribution in [0.1, 0.15) is 39.5 Å². The van der Waals surface area contributed by atoms with Crippen molar-refractivity contribution in [1.29, 1.82) is 0 Å². The fourth-order valence-corrected chi connectivity index (χ4v) is 3.05. The molecule has 0 aromatic rings. The number of carboxylic acids is 1. The van der Waals surface area contributed by atoms with Gasteiger partial charge in [-0.2, -0.15) is 0 Å². The van der Waals surface area contributed by atoms with Crippen LogP contribution in [0.2, 0.25) is 0 Å². The van der Waals surface area contributed by atoms with E-state index in [-0.39, 0.29) is 12.0 Å². The van der Waals surface area contributed by atoms with Crippen LogP contribution in [-0.4, -0.2) is 60.4 Å². The molecule has 2 saturated carbocycles. The summed E-state index contributed by atoms with van der Waals surface area (Å²) in [5.41, 5.74) is -0.787. The van der Waals surface area contributed by atoms with Gasteiger partial charge in [0.25, 0.3) is 0 Å². The van der Waals surface area contributed by atoms with Crippen LogP contribution in [0, 0.1) is 5.92 Å². The summed E-state index contributed by atoms with van der Waals surface area (Å²) in [4.78, 5) is 14.3. The SMILES string of the molecule is COCCN(CC(NC(C)C)(C(=O)O)C1CC1)C1CC1. The highest BCUT2D eigenvalue weighted by molar-refractivity contribution is 5.80. The average Bonchev–Trinajstić information content (AvgIpc) is 3.24. The zero-order chi connectivity index (χ0) is 14.8. The number of carbonyl (C=O) groups is 1. The minimum absolute atomic E-state index is 0.176. The molecular weight excluding hydrogens is 256 g/mol. The monoisotopic (exact) mass is 284 g/mol. The van der Waals surface area contributed by atoms with Crippen LogP contribution in [0.15, 0.2) is 0 Å². The zero-order valence-corrected chi connectivity index (χ0v) is 12.9. The first-order valence-electron chi connectivity index (χ1n) is 7.73. The van der Waals surface area contributed by atoms with Crippen molar-refractivity contribution in [3.63, 3.8) is 0 Å². The average molecular weight is 284 g/mol. The Labute approximate surface area is 121 Å². The van der Waals surface area contributed by atoms with Crippen molar-refractivity contribution in [3.05, 3.63) is 0 Å². The Balaban J connectivity index is 2.09. The van der Waals surface area contributed by atoms with Gasteiger partial charge in [-0.25, -0.2) is 0 Å². The van der Waals surface area contributed by atoms with Gasteiger partial charge >= 0.3 is 5.97 Å². The Bertz CT molecular complexity index is 340. The van der Waals surface area contributed by atoms with E-state index in [9.17, 15) is 9.90 Å². The normalized spacial score (nSPS) is 22.2. The highest BCUT2D eigenvalue weighted by Crippen LogP contribution is 2.42. The molecule has 5 heteroatoms. The molecule has 2 N–H and O–H groups in total. The molecule has 2 fully saturated rings. The molecule has 0 amide bonds. The molecule has 5 nitrogen and oxygen atoms in total. The predicted octanol–water partition coefficient (Wildman–Crippen LogP) is 1.33. The van der Waals surface area contributed by atoms with Crippen LogP contribution in [0.3, 0.4) is 0 Å². The van der Waals surface area contributed by atoms with Crippen LogP contribution in [-0.2, 0) is 9.53 Å². The van der Waals surface area contributed by atoms with Gasteiger partial charge in [0, 0.05) is 32.3 Å². The number of carboxylic acid groups (broad SMARTS) is 1. The van der Waals surface area contributed by atoms with Crippen molar-refractivity contribution in [2.45, 2.75) is 57.2 Å². The van der Waals surface area contributed by atoms with E-state index in [1.165, 1.54) is 12.8 Å². The molecule has 20 heavy (non-hydrogen) atoms. The number of aliphatic carboxylic acids is 1. The van der Waals surface area contributed by atoms with Gasteiger partial charge in [-0.05, 0) is 45.4 Å². The minimum Gasteiger partial charge on any atom is -0.480 e. The first-order valence-corrected chi connectivity index (χ1v) is 7.73. The van der Waals surface area contributed by atoms with E-state index in [0.717, 1.165) is 19.4 Å². The summed E-state index contributed by atoms with van der Waals surface area (Å²) in [6, 6.07) is 0.728. The Hall–Kier alpha value is -0.650. The predicted molar refractivity (Wildman–Crippen MR) is 77.8 cm³/mol. The lowest BCUT2D eigenvalue weighted by atomic mass is 9.91. The van der Waals surface area contributed by atoms with Gasteiger partial charge in [0.1, 0.15) is 5.54 Å². The van der Waals surface area contributed by atoms with Gasteiger partial charge in [-0.1, -0.05) is 0 Å². The topological polar surface area (TPSA) is 61.8 Å². The van der Waals surface area contributed by atoms with Gasteiger partial charge in [0.2, 0.25) is 0 Å². The fraction of sp³-hybridized carbons (Fsp3) is 0.933.